The molecule has 0 radical (unpaired) electrons. The summed E-state index contributed by atoms with van der Waals surface area (Å²) in [4.78, 5) is 23.6. The number of hydrogen-bond donors (Lipinski definition) is 2. The van der Waals surface area contributed by atoms with Gasteiger partial charge in [0.2, 0.25) is 0 Å². The van der Waals surface area contributed by atoms with Crippen LogP contribution in [-0.2, 0) is 14.6 Å². The number of nitriles is 1. The van der Waals surface area contributed by atoms with Gasteiger partial charge in [0.15, 0.2) is 15.7 Å². The second-order valence-corrected chi connectivity index (χ2v) is 17.9. The Kier molecular flexibility index (Phi) is 9.01. The van der Waals surface area contributed by atoms with E-state index in [1.807, 2.05) is 6.07 Å². The molecule has 2 N–H and O–H groups in total. The highest BCUT2D eigenvalue weighted by atomic mass is 35.5. The summed E-state index contributed by atoms with van der Waals surface area (Å²) >= 11 is 7.57. The molecule has 270 valence electrons. The predicted molar refractivity (Wildman–Crippen MR) is 189 cm³/mol. The third-order valence-electron chi connectivity index (χ3n) is 9.42. The fourth-order valence-electron chi connectivity index (χ4n) is 7.27. The van der Waals surface area contributed by atoms with Crippen LogP contribution in [0.4, 0.5) is 28.8 Å². The molecule has 51 heavy (non-hydrogen) atoms. The van der Waals surface area contributed by atoms with Crippen molar-refractivity contribution >= 4 is 70.7 Å². The Bertz CT molecular complexity index is 2230. The monoisotopic (exact) mass is 762 g/mol. The van der Waals surface area contributed by atoms with Crippen molar-refractivity contribution in [3.8, 4) is 23.2 Å². The average molecular weight is 763 g/mol. The SMILES string of the molecule is CC(C)(C)OC(=O)Nc1sc2c(F)ccc(-c3c(Cl)cc4c(NCC5CS(=O)(=O)C5)nc(OC[C@@]56CCCN5C[C@H](F)C6)nc4c3F)c2c1C#N. The second kappa shape index (κ2) is 12.9. The number of rotatable bonds is 8. The molecule has 4 aromatic rings. The standard InChI is InChI=1S/C34H34ClF3N6O5S2/c1-33(2,3)49-32(45)43-30-21(11-39)24-19(5-6-23(37)28(24)50-30)25-22(35)9-20-27(26(25)38)41-31(42-29(20)40-12-17-14-51(46,47)15-17)48-16-34-7-4-8-44(34)13-18(36)10-34/h5-6,9,17-18H,4,7-8,10,12-16H2,1-3H3,(H,43,45)(H,40,41,42)/t18-,34+/m1/s1. The summed E-state index contributed by atoms with van der Waals surface area (Å²) in [6, 6.07) is 5.69. The van der Waals surface area contributed by atoms with Crippen molar-refractivity contribution in [2.45, 2.75) is 57.3 Å². The first-order valence-corrected chi connectivity index (χ1v) is 19.4. The van der Waals surface area contributed by atoms with Gasteiger partial charge in [-0.05, 0) is 57.9 Å². The number of hydrogen-bond acceptors (Lipinski definition) is 11. The molecule has 2 aromatic carbocycles. The van der Waals surface area contributed by atoms with Crippen molar-refractivity contribution < 1.29 is 35.9 Å². The first kappa shape index (κ1) is 35.5. The van der Waals surface area contributed by atoms with E-state index in [9.17, 15) is 22.9 Å². The Balaban J connectivity index is 1.32. The lowest BCUT2D eigenvalue weighted by Gasteiger charge is -2.31. The van der Waals surface area contributed by atoms with Crippen molar-refractivity contribution in [3.63, 3.8) is 0 Å². The summed E-state index contributed by atoms with van der Waals surface area (Å²) in [6.07, 6.45) is 0.0575. The van der Waals surface area contributed by atoms with E-state index in [2.05, 4.69) is 25.5 Å². The van der Waals surface area contributed by atoms with Crippen molar-refractivity contribution in [2.75, 3.05) is 48.4 Å². The molecule has 11 nitrogen and oxygen atoms in total. The maximum Gasteiger partial charge on any atom is 0.412 e. The summed E-state index contributed by atoms with van der Waals surface area (Å²) in [6.45, 7) is 6.35. The fraction of sp³-hybridized carbons (Fsp3) is 0.471. The number of benzene rings is 2. The van der Waals surface area contributed by atoms with Crippen LogP contribution in [-0.4, -0.2) is 84.4 Å². The summed E-state index contributed by atoms with van der Waals surface area (Å²) in [7, 11) is -3.10. The van der Waals surface area contributed by atoms with Gasteiger partial charge in [0, 0.05) is 41.8 Å². The quantitative estimate of drug-likeness (QED) is 0.191. The number of aromatic nitrogens is 2. The maximum absolute atomic E-state index is 17.0. The summed E-state index contributed by atoms with van der Waals surface area (Å²) in [5.74, 6) is -1.63. The number of ether oxygens (including phenoxy) is 2. The van der Waals surface area contributed by atoms with Crippen LogP contribution in [0, 0.1) is 28.9 Å². The Hall–Kier alpha value is -3.91. The fourth-order valence-corrected chi connectivity index (χ4v) is 10.2. The van der Waals surface area contributed by atoms with Crippen LogP contribution in [0.5, 0.6) is 6.01 Å². The molecule has 5 heterocycles. The largest absolute Gasteiger partial charge is 0.461 e. The van der Waals surface area contributed by atoms with Gasteiger partial charge in [-0.25, -0.2) is 26.4 Å². The van der Waals surface area contributed by atoms with Crippen molar-refractivity contribution in [3.05, 3.63) is 40.4 Å². The molecule has 2 atom stereocenters. The highest BCUT2D eigenvalue weighted by Crippen LogP contribution is 2.47. The van der Waals surface area contributed by atoms with Gasteiger partial charge in [-0.3, -0.25) is 10.2 Å². The zero-order valence-corrected chi connectivity index (χ0v) is 30.3. The van der Waals surface area contributed by atoms with Crippen molar-refractivity contribution in [2.24, 2.45) is 5.92 Å². The number of amides is 1. The molecule has 0 bridgehead atoms. The number of thiophene rings is 1. The topological polar surface area (TPSA) is 147 Å². The van der Waals surface area contributed by atoms with Crippen LogP contribution in [0.2, 0.25) is 5.02 Å². The molecule has 0 spiro atoms. The molecule has 3 aliphatic rings. The van der Waals surface area contributed by atoms with Crippen LogP contribution in [0.15, 0.2) is 18.2 Å². The maximum atomic E-state index is 17.0. The minimum Gasteiger partial charge on any atom is -0.461 e. The van der Waals surface area contributed by atoms with Gasteiger partial charge >= 0.3 is 12.1 Å². The second-order valence-electron chi connectivity index (χ2n) is 14.3. The van der Waals surface area contributed by atoms with Gasteiger partial charge < -0.3 is 14.8 Å². The van der Waals surface area contributed by atoms with E-state index in [-0.39, 0.29) is 90.1 Å². The van der Waals surface area contributed by atoms with E-state index in [0.717, 1.165) is 36.8 Å². The molecule has 1 amide bonds. The zero-order chi connectivity index (χ0) is 36.5. The molecule has 0 unspecified atom stereocenters. The lowest BCUT2D eigenvalue weighted by atomic mass is 9.95. The number of fused-ring (bicyclic) bond motifs is 3. The number of nitrogens with zero attached hydrogens (tertiary/aromatic N) is 4. The van der Waals surface area contributed by atoms with Crippen molar-refractivity contribution in [1.82, 2.24) is 14.9 Å². The minimum absolute atomic E-state index is 0.00158. The molecule has 17 heteroatoms. The number of carbonyl (C=O) groups is 1. The highest BCUT2D eigenvalue weighted by Gasteiger charge is 2.49. The van der Waals surface area contributed by atoms with Gasteiger partial charge in [0.05, 0.1) is 32.3 Å². The molecule has 0 aliphatic carbocycles. The number of carbonyl (C=O) groups excluding carboxylic acids is 1. The third kappa shape index (κ3) is 6.76. The van der Waals surface area contributed by atoms with Crippen LogP contribution in [0.25, 0.3) is 32.1 Å². The number of nitrogens with one attached hydrogen (secondary N) is 2. The van der Waals surface area contributed by atoms with Crippen LogP contribution < -0.4 is 15.4 Å². The Morgan fingerprint density at radius 1 is 1.25 bits per heavy atom. The lowest BCUT2D eigenvalue weighted by molar-refractivity contribution is 0.0636. The van der Waals surface area contributed by atoms with E-state index >= 15 is 8.78 Å². The molecule has 2 aromatic heterocycles. The number of anilines is 2. The molecule has 3 fully saturated rings. The highest BCUT2D eigenvalue weighted by molar-refractivity contribution is 7.92. The number of sulfone groups is 1. The molecule has 0 saturated carbocycles. The van der Waals surface area contributed by atoms with Gasteiger partial charge in [0.1, 0.15) is 46.6 Å². The van der Waals surface area contributed by atoms with E-state index < -0.39 is 44.9 Å². The first-order chi connectivity index (χ1) is 24.1. The molecule has 7 rings (SSSR count). The third-order valence-corrected chi connectivity index (χ3v) is 12.8. The predicted octanol–water partition coefficient (Wildman–Crippen LogP) is 7.07. The molecular formula is C34H34ClF3N6O5S2. The lowest BCUT2D eigenvalue weighted by Crippen LogP contribution is -2.43. The Labute approximate surface area is 301 Å². The molecule has 3 saturated heterocycles. The Morgan fingerprint density at radius 3 is 2.73 bits per heavy atom. The van der Waals surface area contributed by atoms with Crippen LogP contribution in [0.1, 0.15) is 45.6 Å². The van der Waals surface area contributed by atoms with Gasteiger partial charge in [-0.2, -0.15) is 15.2 Å². The summed E-state index contributed by atoms with van der Waals surface area (Å²) in [5, 5.41) is 15.9. The van der Waals surface area contributed by atoms with E-state index in [1.54, 1.807) is 20.8 Å². The van der Waals surface area contributed by atoms with E-state index in [4.69, 9.17) is 21.1 Å². The van der Waals surface area contributed by atoms with E-state index in [0.29, 0.717) is 13.0 Å². The average Bonchev–Trinajstić information content (AvgIpc) is 3.68. The summed E-state index contributed by atoms with van der Waals surface area (Å²) < 4.78 is 81.7. The number of halogens is 4. The normalized spacial score (nSPS) is 21.7. The van der Waals surface area contributed by atoms with Crippen LogP contribution >= 0.6 is 22.9 Å². The zero-order valence-electron chi connectivity index (χ0n) is 27.9. The van der Waals surface area contributed by atoms with Crippen LogP contribution in [0.3, 0.4) is 0 Å². The first-order valence-electron chi connectivity index (χ1n) is 16.4. The summed E-state index contributed by atoms with van der Waals surface area (Å²) in [5.41, 5.74) is -1.79. The minimum atomic E-state index is -3.10. The smallest absolute Gasteiger partial charge is 0.412 e. The van der Waals surface area contributed by atoms with Gasteiger partial charge in [0.25, 0.3) is 0 Å². The van der Waals surface area contributed by atoms with Crippen molar-refractivity contribution in [1.29, 1.82) is 5.26 Å². The molecule has 3 aliphatic heterocycles. The molecular weight excluding hydrogens is 729 g/mol. The number of alkyl halides is 1. The van der Waals surface area contributed by atoms with E-state index in [1.165, 1.54) is 12.1 Å². The van der Waals surface area contributed by atoms with Gasteiger partial charge in [-0.1, -0.05) is 17.7 Å². The van der Waals surface area contributed by atoms with Gasteiger partial charge in [-0.15, -0.1) is 11.3 Å². The Morgan fingerprint density at radius 2 is 2.02 bits per heavy atom.